The summed E-state index contributed by atoms with van der Waals surface area (Å²) in [5, 5.41) is 16.1. The monoisotopic (exact) mass is 455 g/mol. The number of amides is 2. The van der Waals surface area contributed by atoms with Crippen LogP contribution in [-0.2, 0) is 17.8 Å². The Morgan fingerprint density at radius 2 is 2.00 bits per heavy atom. The molecular formula is C22H21N3O4S2. The van der Waals surface area contributed by atoms with E-state index in [0.29, 0.717) is 34.2 Å². The van der Waals surface area contributed by atoms with Gasteiger partial charge in [-0.05, 0) is 17.0 Å². The predicted molar refractivity (Wildman–Crippen MR) is 119 cm³/mol. The molecule has 1 atom stereocenters. The number of rotatable bonds is 7. The number of anilines is 1. The molecule has 0 aliphatic heterocycles. The predicted octanol–water partition coefficient (Wildman–Crippen LogP) is 3.22. The minimum Gasteiger partial charge on any atom is -0.395 e. The number of aliphatic hydroxyl groups excluding tert-OH is 1. The first-order valence-corrected chi connectivity index (χ1v) is 11.6. The SMILES string of the molecule is O=C(Nc1nc2c(s1)C(=O)C[C@H](C(=O)N(CCO)Cc1ccccc1)C2)c1ccsc1. The van der Waals surface area contributed by atoms with Crippen LogP contribution in [0.1, 0.15) is 37.7 Å². The number of nitrogens with zero attached hydrogens (tertiary/aromatic N) is 2. The van der Waals surface area contributed by atoms with Crippen LogP contribution in [-0.4, -0.2) is 45.7 Å². The summed E-state index contributed by atoms with van der Waals surface area (Å²) in [6.07, 6.45) is 0.435. The molecule has 0 spiro atoms. The Labute approximate surface area is 187 Å². The molecule has 1 aromatic carbocycles. The van der Waals surface area contributed by atoms with E-state index in [1.807, 2.05) is 35.7 Å². The Hall–Kier alpha value is -2.88. The second-order valence-electron chi connectivity index (χ2n) is 7.26. The van der Waals surface area contributed by atoms with Gasteiger partial charge in [-0.2, -0.15) is 11.3 Å². The topological polar surface area (TPSA) is 99.6 Å². The van der Waals surface area contributed by atoms with Crippen LogP contribution in [0.5, 0.6) is 0 Å². The van der Waals surface area contributed by atoms with Gasteiger partial charge in [0.1, 0.15) is 0 Å². The number of aromatic nitrogens is 1. The molecule has 0 bridgehead atoms. The van der Waals surface area contributed by atoms with Crippen LogP contribution in [0, 0.1) is 5.92 Å². The number of thiazole rings is 1. The standard InChI is InChI=1S/C22H21N3O4S2/c26-8-7-25(12-14-4-2-1-3-5-14)21(29)16-10-17-19(18(27)11-16)31-22(23-17)24-20(28)15-6-9-30-13-15/h1-6,9,13,16,26H,7-8,10-12H2,(H,23,24,28)/t16-/m1/s1. The maximum absolute atomic E-state index is 13.2. The Morgan fingerprint density at radius 3 is 2.71 bits per heavy atom. The van der Waals surface area contributed by atoms with Crippen LogP contribution in [0.4, 0.5) is 5.13 Å². The van der Waals surface area contributed by atoms with Crippen molar-refractivity contribution in [2.24, 2.45) is 5.92 Å². The van der Waals surface area contributed by atoms with Crippen LogP contribution in [0.2, 0.25) is 0 Å². The summed E-state index contributed by atoms with van der Waals surface area (Å²) in [5.41, 5.74) is 2.04. The van der Waals surface area contributed by atoms with Crippen molar-refractivity contribution < 1.29 is 19.5 Å². The van der Waals surface area contributed by atoms with E-state index in [4.69, 9.17) is 0 Å². The zero-order chi connectivity index (χ0) is 21.8. The van der Waals surface area contributed by atoms with E-state index < -0.39 is 5.92 Å². The number of aliphatic hydroxyl groups is 1. The highest BCUT2D eigenvalue weighted by Crippen LogP contribution is 2.33. The number of hydrogen-bond acceptors (Lipinski definition) is 7. The molecule has 31 heavy (non-hydrogen) atoms. The minimum atomic E-state index is -0.530. The molecule has 1 aliphatic carbocycles. The molecule has 1 aliphatic rings. The summed E-state index contributed by atoms with van der Waals surface area (Å²) in [5.74, 6) is -1.12. The second kappa shape index (κ2) is 9.51. The van der Waals surface area contributed by atoms with E-state index in [-0.39, 0.29) is 37.2 Å². The fourth-order valence-electron chi connectivity index (χ4n) is 3.57. The highest BCUT2D eigenvalue weighted by molar-refractivity contribution is 7.17. The number of Topliss-reactive ketones (excluding diaryl/α,β-unsaturated/α-hetero) is 1. The average Bonchev–Trinajstić information content (AvgIpc) is 3.44. The van der Waals surface area contributed by atoms with Gasteiger partial charge < -0.3 is 10.0 Å². The average molecular weight is 456 g/mol. The van der Waals surface area contributed by atoms with Gasteiger partial charge in [-0.1, -0.05) is 41.7 Å². The molecular weight excluding hydrogens is 434 g/mol. The van der Waals surface area contributed by atoms with Crippen molar-refractivity contribution >= 4 is 45.4 Å². The van der Waals surface area contributed by atoms with Crippen LogP contribution in [0.25, 0.3) is 0 Å². The fourth-order valence-corrected chi connectivity index (χ4v) is 5.14. The van der Waals surface area contributed by atoms with Crippen LogP contribution >= 0.6 is 22.7 Å². The molecule has 4 rings (SSSR count). The first-order valence-electron chi connectivity index (χ1n) is 9.85. The van der Waals surface area contributed by atoms with E-state index in [2.05, 4.69) is 10.3 Å². The Kier molecular flexibility index (Phi) is 6.55. The lowest BCUT2D eigenvalue weighted by atomic mass is 9.88. The van der Waals surface area contributed by atoms with E-state index >= 15 is 0 Å². The van der Waals surface area contributed by atoms with Gasteiger partial charge in [-0.25, -0.2) is 4.98 Å². The molecule has 2 amide bonds. The third-order valence-corrected chi connectivity index (χ3v) is 6.81. The summed E-state index contributed by atoms with van der Waals surface area (Å²) in [6.45, 7) is 0.418. The van der Waals surface area contributed by atoms with Gasteiger partial charge in [0.25, 0.3) is 5.91 Å². The number of fused-ring (bicyclic) bond motifs is 1. The molecule has 0 saturated carbocycles. The minimum absolute atomic E-state index is 0.0999. The van der Waals surface area contributed by atoms with E-state index in [0.717, 1.165) is 16.9 Å². The maximum Gasteiger partial charge on any atom is 0.258 e. The molecule has 160 valence electrons. The lowest BCUT2D eigenvalue weighted by molar-refractivity contribution is -0.136. The summed E-state index contributed by atoms with van der Waals surface area (Å²) in [7, 11) is 0. The normalized spacial score (nSPS) is 15.4. The molecule has 2 N–H and O–H groups in total. The van der Waals surface area contributed by atoms with Crippen LogP contribution < -0.4 is 5.32 Å². The molecule has 2 aromatic heterocycles. The van der Waals surface area contributed by atoms with Crippen molar-refractivity contribution in [1.82, 2.24) is 9.88 Å². The molecule has 0 saturated heterocycles. The van der Waals surface area contributed by atoms with Gasteiger partial charge in [0, 0.05) is 31.3 Å². The van der Waals surface area contributed by atoms with Crippen molar-refractivity contribution in [3.05, 3.63) is 68.9 Å². The number of benzene rings is 1. The Balaban J connectivity index is 1.48. The van der Waals surface area contributed by atoms with Gasteiger partial charge in [0.2, 0.25) is 5.91 Å². The van der Waals surface area contributed by atoms with Crippen molar-refractivity contribution in [3.8, 4) is 0 Å². The van der Waals surface area contributed by atoms with E-state index in [1.165, 1.54) is 11.3 Å². The zero-order valence-electron chi connectivity index (χ0n) is 16.6. The quantitative estimate of drug-likeness (QED) is 0.570. The highest BCUT2D eigenvalue weighted by atomic mass is 32.1. The maximum atomic E-state index is 13.2. The van der Waals surface area contributed by atoms with Gasteiger partial charge in [0.05, 0.1) is 28.7 Å². The lowest BCUT2D eigenvalue weighted by Crippen LogP contribution is -2.40. The first kappa shape index (κ1) is 21.4. The molecule has 3 aromatic rings. The van der Waals surface area contributed by atoms with Crippen LogP contribution in [0.3, 0.4) is 0 Å². The van der Waals surface area contributed by atoms with Crippen molar-refractivity contribution in [3.63, 3.8) is 0 Å². The largest absolute Gasteiger partial charge is 0.395 e. The van der Waals surface area contributed by atoms with Gasteiger partial charge in [-0.15, -0.1) is 0 Å². The number of thiophene rings is 1. The van der Waals surface area contributed by atoms with Crippen LogP contribution in [0.15, 0.2) is 47.2 Å². The molecule has 0 unspecified atom stereocenters. The number of carbonyl (C=O) groups excluding carboxylic acids is 3. The van der Waals surface area contributed by atoms with E-state index in [1.54, 1.807) is 16.3 Å². The number of hydrogen-bond donors (Lipinski definition) is 2. The van der Waals surface area contributed by atoms with Gasteiger partial charge in [0.15, 0.2) is 10.9 Å². The number of carbonyl (C=O) groups is 3. The van der Waals surface area contributed by atoms with Crippen molar-refractivity contribution in [1.29, 1.82) is 0 Å². The highest BCUT2D eigenvalue weighted by Gasteiger charge is 2.35. The summed E-state index contributed by atoms with van der Waals surface area (Å²) in [6, 6.07) is 11.3. The molecule has 7 nitrogen and oxygen atoms in total. The molecule has 0 radical (unpaired) electrons. The molecule has 2 heterocycles. The van der Waals surface area contributed by atoms with Gasteiger partial charge >= 0.3 is 0 Å². The third kappa shape index (κ3) is 4.90. The fraction of sp³-hybridized carbons (Fsp3) is 0.273. The van der Waals surface area contributed by atoms with Gasteiger partial charge in [-0.3, -0.25) is 19.7 Å². The number of nitrogens with one attached hydrogen (secondary N) is 1. The van der Waals surface area contributed by atoms with Crippen molar-refractivity contribution in [2.75, 3.05) is 18.5 Å². The summed E-state index contributed by atoms with van der Waals surface area (Å²) >= 11 is 2.57. The summed E-state index contributed by atoms with van der Waals surface area (Å²) in [4.78, 5) is 44.6. The molecule has 0 fully saturated rings. The van der Waals surface area contributed by atoms with Crippen molar-refractivity contribution in [2.45, 2.75) is 19.4 Å². The smallest absolute Gasteiger partial charge is 0.258 e. The first-order chi connectivity index (χ1) is 15.0. The Bertz CT molecular complexity index is 1080. The third-order valence-electron chi connectivity index (χ3n) is 5.07. The number of ketones is 1. The Morgan fingerprint density at radius 1 is 1.19 bits per heavy atom. The summed E-state index contributed by atoms with van der Waals surface area (Å²) < 4.78 is 0. The van der Waals surface area contributed by atoms with E-state index in [9.17, 15) is 19.5 Å². The lowest BCUT2D eigenvalue weighted by Gasteiger charge is -2.28. The zero-order valence-corrected chi connectivity index (χ0v) is 18.2. The molecule has 9 heteroatoms. The second-order valence-corrected chi connectivity index (χ2v) is 9.04.